The highest BCUT2D eigenvalue weighted by Crippen LogP contribution is 2.33. The molecule has 0 aliphatic carbocycles. The number of fused-ring (bicyclic) bond motifs is 1. The fraction of sp³-hybridized carbons (Fsp3) is 0.167. The standard InChI is InChI=1S/C30H27N3O2/c1-19-12-13-25(15-20(19)2)33-21(3)16-23(22(33)4)17-28-26-10-5-6-11-27(26)29(34)32(30(28)35)18-24-9-7-8-14-31-24/h5-17H,18H2,1-4H3/b28-17-. The number of imide groups is 1. The molecule has 0 fully saturated rings. The van der Waals surface area contributed by atoms with Crippen LogP contribution in [0.4, 0.5) is 0 Å². The molecule has 1 aliphatic heterocycles. The zero-order valence-corrected chi connectivity index (χ0v) is 20.4. The Morgan fingerprint density at radius 3 is 2.26 bits per heavy atom. The second-order valence-corrected chi connectivity index (χ2v) is 9.05. The largest absolute Gasteiger partial charge is 0.318 e. The quantitative estimate of drug-likeness (QED) is 0.284. The molecule has 2 aromatic carbocycles. The molecule has 2 amide bonds. The zero-order valence-electron chi connectivity index (χ0n) is 20.4. The molecule has 0 spiro atoms. The molecule has 5 rings (SSSR count). The van der Waals surface area contributed by atoms with Crippen molar-refractivity contribution in [1.29, 1.82) is 0 Å². The Hall–Kier alpha value is -4.25. The number of nitrogens with zero attached hydrogens (tertiary/aromatic N) is 3. The van der Waals surface area contributed by atoms with Gasteiger partial charge in [0.05, 0.1) is 12.2 Å². The first-order chi connectivity index (χ1) is 16.8. The minimum Gasteiger partial charge on any atom is -0.318 e. The second-order valence-electron chi connectivity index (χ2n) is 9.05. The Morgan fingerprint density at radius 2 is 1.54 bits per heavy atom. The number of amides is 2. The van der Waals surface area contributed by atoms with Crippen molar-refractivity contribution in [2.24, 2.45) is 0 Å². The van der Waals surface area contributed by atoms with Gasteiger partial charge in [0.15, 0.2) is 0 Å². The molecule has 0 N–H and O–H groups in total. The van der Waals surface area contributed by atoms with E-state index in [1.807, 2.05) is 42.5 Å². The maximum atomic E-state index is 13.7. The first kappa shape index (κ1) is 22.5. The summed E-state index contributed by atoms with van der Waals surface area (Å²) in [4.78, 5) is 32.5. The van der Waals surface area contributed by atoms with Gasteiger partial charge in [0.1, 0.15) is 0 Å². The summed E-state index contributed by atoms with van der Waals surface area (Å²) < 4.78 is 2.20. The summed E-state index contributed by atoms with van der Waals surface area (Å²) >= 11 is 0. The number of carbonyl (C=O) groups is 2. The number of rotatable bonds is 4. The summed E-state index contributed by atoms with van der Waals surface area (Å²) in [5.74, 6) is -0.607. The number of hydrogen-bond acceptors (Lipinski definition) is 3. The van der Waals surface area contributed by atoms with E-state index in [0.717, 1.165) is 22.6 Å². The number of hydrogen-bond donors (Lipinski definition) is 0. The van der Waals surface area contributed by atoms with Crippen LogP contribution in [0.3, 0.4) is 0 Å². The molecule has 0 saturated heterocycles. The Balaban J connectivity index is 1.61. The normalized spacial score (nSPS) is 14.5. The molecule has 4 aromatic rings. The van der Waals surface area contributed by atoms with Crippen LogP contribution < -0.4 is 0 Å². The molecule has 1 aliphatic rings. The lowest BCUT2D eigenvalue weighted by molar-refractivity contribution is -0.123. The van der Waals surface area contributed by atoms with Crippen molar-refractivity contribution in [3.63, 3.8) is 0 Å². The topological polar surface area (TPSA) is 55.2 Å². The van der Waals surface area contributed by atoms with Gasteiger partial charge in [-0.1, -0.05) is 30.3 Å². The van der Waals surface area contributed by atoms with Gasteiger partial charge >= 0.3 is 0 Å². The average Bonchev–Trinajstić information content (AvgIpc) is 3.14. The Morgan fingerprint density at radius 1 is 0.800 bits per heavy atom. The van der Waals surface area contributed by atoms with E-state index in [2.05, 4.69) is 61.5 Å². The van der Waals surface area contributed by atoms with Crippen molar-refractivity contribution in [2.45, 2.75) is 34.2 Å². The molecule has 3 heterocycles. The van der Waals surface area contributed by atoms with Crippen molar-refractivity contribution in [3.05, 3.63) is 118 Å². The summed E-state index contributed by atoms with van der Waals surface area (Å²) in [7, 11) is 0. The van der Waals surface area contributed by atoms with Crippen LogP contribution in [-0.4, -0.2) is 26.3 Å². The Kier molecular flexibility index (Phi) is 5.69. The number of aromatic nitrogens is 2. The lowest BCUT2D eigenvalue weighted by Gasteiger charge is -2.28. The number of carbonyl (C=O) groups excluding carboxylic acids is 2. The third-order valence-electron chi connectivity index (χ3n) is 6.73. The molecule has 0 unspecified atom stereocenters. The Labute approximate surface area is 205 Å². The zero-order chi connectivity index (χ0) is 24.7. The maximum Gasteiger partial charge on any atom is 0.261 e. The van der Waals surface area contributed by atoms with E-state index in [4.69, 9.17) is 0 Å². The molecule has 5 nitrogen and oxygen atoms in total. The predicted octanol–water partition coefficient (Wildman–Crippen LogP) is 5.83. The van der Waals surface area contributed by atoms with Crippen LogP contribution in [0, 0.1) is 27.7 Å². The van der Waals surface area contributed by atoms with Crippen molar-refractivity contribution < 1.29 is 9.59 Å². The van der Waals surface area contributed by atoms with Crippen molar-refractivity contribution in [2.75, 3.05) is 0 Å². The molecule has 2 aromatic heterocycles. The van der Waals surface area contributed by atoms with Gasteiger partial charge in [-0.2, -0.15) is 0 Å². The van der Waals surface area contributed by atoms with E-state index in [9.17, 15) is 9.59 Å². The molecule has 0 saturated carbocycles. The van der Waals surface area contributed by atoms with Crippen LogP contribution in [0.15, 0.2) is 72.9 Å². The first-order valence-electron chi connectivity index (χ1n) is 11.7. The van der Waals surface area contributed by atoms with Crippen LogP contribution in [0.5, 0.6) is 0 Å². The summed E-state index contributed by atoms with van der Waals surface area (Å²) in [5, 5.41) is 0. The molecule has 0 radical (unpaired) electrons. The fourth-order valence-electron chi connectivity index (χ4n) is 4.69. The van der Waals surface area contributed by atoms with Crippen LogP contribution in [0.2, 0.25) is 0 Å². The third kappa shape index (κ3) is 3.99. The van der Waals surface area contributed by atoms with Gasteiger partial charge in [-0.3, -0.25) is 19.5 Å². The van der Waals surface area contributed by atoms with Crippen LogP contribution in [0.1, 0.15) is 49.7 Å². The maximum absolute atomic E-state index is 13.7. The second kappa shape index (κ2) is 8.84. The molecule has 5 heteroatoms. The highest BCUT2D eigenvalue weighted by molar-refractivity contribution is 6.33. The number of aryl methyl sites for hydroxylation is 3. The van der Waals surface area contributed by atoms with E-state index >= 15 is 0 Å². The smallest absolute Gasteiger partial charge is 0.261 e. The summed E-state index contributed by atoms with van der Waals surface area (Å²) in [6.45, 7) is 8.48. The SMILES string of the molecule is Cc1ccc(-n2c(C)cc(/C=C3\C(=O)N(Cc4ccccn4)C(=O)c4ccccc43)c2C)cc1C. The molecule has 35 heavy (non-hydrogen) atoms. The lowest BCUT2D eigenvalue weighted by Crippen LogP contribution is -2.41. The Bertz CT molecular complexity index is 1500. The van der Waals surface area contributed by atoms with Gasteiger partial charge in [-0.25, -0.2) is 0 Å². The average molecular weight is 462 g/mol. The fourth-order valence-corrected chi connectivity index (χ4v) is 4.69. The molecule has 174 valence electrons. The van der Waals surface area contributed by atoms with Crippen LogP contribution in [0.25, 0.3) is 17.3 Å². The van der Waals surface area contributed by atoms with Crippen molar-refractivity contribution in [1.82, 2.24) is 14.5 Å². The van der Waals surface area contributed by atoms with Gasteiger partial charge in [0.2, 0.25) is 0 Å². The summed E-state index contributed by atoms with van der Waals surface area (Å²) in [6.07, 6.45) is 3.58. The highest BCUT2D eigenvalue weighted by atomic mass is 16.2. The summed E-state index contributed by atoms with van der Waals surface area (Å²) in [6, 6.07) is 21.3. The van der Waals surface area contributed by atoms with Gasteiger partial charge in [0.25, 0.3) is 11.8 Å². The summed E-state index contributed by atoms with van der Waals surface area (Å²) in [5.41, 5.74) is 9.01. The van der Waals surface area contributed by atoms with E-state index in [0.29, 0.717) is 22.4 Å². The molecular formula is C30H27N3O2. The van der Waals surface area contributed by atoms with Gasteiger partial charge in [-0.05, 0) is 92.4 Å². The van der Waals surface area contributed by atoms with Crippen molar-refractivity contribution >= 4 is 23.5 Å². The van der Waals surface area contributed by atoms with Gasteiger partial charge < -0.3 is 4.57 Å². The molecule has 0 bridgehead atoms. The van der Waals surface area contributed by atoms with Gasteiger partial charge in [0, 0.05) is 34.4 Å². The molecular weight excluding hydrogens is 434 g/mol. The van der Waals surface area contributed by atoms with Gasteiger partial charge in [-0.15, -0.1) is 0 Å². The monoisotopic (exact) mass is 461 g/mol. The highest BCUT2D eigenvalue weighted by Gasteiger charge is 2.35. The lowest BCUT2D eigenvalue weighted by atomic mass is 9.92. The van der Waals surface area contributed by atoms with Crippen molar-refractivity contribution in [3.8, 4) is 5.69 Å². The minimum atomic E-state index is -0.310. The van der Waals surface area contributed by atoms with Crippen LogP contribution >= 0.6 is 0 Å². The third-order valence-corrected chi connectivity index (χ3v) is 6.73. The predicted molar refractivity (Wildman–Crippen MR) is 138 cm³/mol. The number of benzene rings is 2. The van der Waals surface area contributed by atoms with Crippen LogP contribution in [-0.2, 0) is 11.3 Å². The van der Waals surface area contributed by atoms with E-state index < -0.39 is 0 Å². The first-order valence-corrected chi connectivity index (χ1v) is 11.7. The molecule has 0 atom stereocenters. The van der Waals surface area contributed by atoms with E-state index in [1.165, 1.54) is 16.0 Å². The minimum absolute atomic E-state index is 0.131. The van der Waals surface area contributed by atoms with E-state index in [-0.39, 0.29) is 18.4 Å². The van der Waals surface area contributed by atoms with E-state index in [1.54, 1.807) is 12.3 Å². The number of pyridine rings is 1.